The van der Waals surface area contributed by atoms with Gasteiger partial charge in [-0.15, -0.1) is 0 Å². The minimum Gasteiger partial charge on any atom is -0.504 e. The fourth-order valence-electron chi connectivity index (χ4n) is 6.55. The fourth-order valence-corrected chi connectivity index (χ4v) is 6.55. The molecule has 0 amide bonds. The van der Waals surface area contributed by atoms with Gasteiger partial charge in [-0.2, -0.15) is 0 Å². The van der Waals surface area contributed by atoms with Gasteiger partial charge >= 0.3 is 0 Å². The van der Waals surface area contributed by atoms with Gasteiger partial charge in [-0.25, -0.2) is 8.78 Å². The number of rotatable bonds is 1. The summed E-state index contributed by atoms with van der Waals surface area (Å²) < 4.78 is 28.6. The molecule has 24 heavy (non-hydrogen) atoms. The smallest absolute Gasteiger partial charge is 0.248 e. The van der Waals surface area contributed by atoms with Crippen LogP contribution in [0.2, 0.25) is 0 Å². The van der Waals surface area contributed by atoms with Crippen LogP contribution in [0.15, 0.2) is 11.3 Å². The molecule has 0 saturated heterocycles. The van der Waals surface area contributed by atoms with Crippen LogP contribution >= 0.6 is 0 Å². The van der Waals surface area contributed by atoms with Gasteiger partial charge in [0.1, 0.15) is 5.78 Å². The topological polar surface area (TPSA) is 54.4 Å². The highest BCUT2D eigenvalue weighted by molar-refractivity contribution is 5.95. The number of ketones is 2. The van der Waals surface area contributed by atoms with E-state index in [0.29, 0.717) is 43.5 Å². The van der Waals surface area contributed by atoms with Crippen LogP contribution in [0.4, 0.5) is 8.78 Å². The Balaban J connectivity index is 1.79. The highest BCUT2D eigenvalue weighted by Crippen LogP contribution is 2.66. The van der Waals surface area contributed by atoms with E-state index >= 15 is 0 Å². The van der Waals surface area contributed by atoms with Gasteiger partial charge in [0.15, 0.2) is 11.5 Å². The van der Waals surface area contributed by atoms with Crippen LogP contribution in [-0.4, -0.2) is 23.1 Å². The number of Topliss-reactive ketones (excluding diaryl/α,β-unsaturated/α-hetero) is 2. The van der Waals surface area contributed by atoms with Crippen molar-refractivity contribution in [2.24, 2.45) is 28.6 Å². The molecule has 4 rings (SSSR count). The highest BCUT2D eigenvalue weighted by Gasteiger charge is 2.63. The lowest BCUT2D eigenvalue weighted by Gasteiger charge is -2.57. The number of hydrogen-bond acceptors (Lipinski definition) is 3. The molecule has 3 saturated carbocycles. The Bertz CT molecular complexity index is 641. The quantitative estimate of drug-likeness (QED) is 0.779. The lowest BCUT2D eigenvalue weighted by molar-refractivity contribution is -0.142. The highest BCUT2D eigenvalue weighted by atomic mass is 19.3. The molecule has 0 aromatic carbocycles. The van der Waals surface area contributed by atoms with E-state index in [0.717, 1.165) is 6.42 Å². The second-order valence-electron chi connectivity index (χ2n) is 8.42. The normalized spacial score (nSPS) is 45.2. The average Bonchev–Trinajstić information content (AvgIpc) is 2.86. The summed E-state index contributed by atoms with van der Waals surface area (Å²) in [5.74, 6) is -0.428. The second kappa shape index (κ2) is 5.12. The number of fused-ring (bicyclic) bond motifs is 5. The van der Waals surface area contributed by atoms with Gasteiger partial charge < -0.3 is 5.11 Å². The van der Waals surface area contributed by atoms with Gasteiger partial charge in [0, 0.05) is 18.3 Å². The Morgan fingerprint density at radius 1 is 1.04 bits per heavy atom. The van der Waals surface area contributed by atoms with Crippen LogP contribution in [0.3, 0.4) is 0 Å². The lowest BCUT2D eigenvalue weighted by Crippen LogP contribution is -2.55. The summed E-state index contributed by atoms with van der Waals surface area (Å²) >= 11 is 0. The zero-order valence-corrected chi connectivity index (χ0v) is 14.0. The van der Waals surface area contributed by atoms with E-state index in [1.54, 1.807) is 0 Å². The van der Waals surface area contributed by atoms with E-state index in [2.05, 4.69) is 0 Å². The molecule has 4 aliphatic carbocycles. The van der Waals surface area contributed by atoms with E-state index < -0.39 is 23.4 Å². The van der Waals surface area contributed by atoms with E-state index in [1.807, 2.05) is 6.92 Å². The van der Waals surface area contributed by atoms with Crippen molar-refractivity contribution in [2.75, 3.05) is 0 Å². The lowest BCUT2D eigenvalue weighted by atomic mass is 9.47. The van der Waals surface area contributed by atoms with Crippen LogP contribution in [0.5, 0.6) is 0 Å². The van der Waals surface area contributed by atoms with Crippen LogP contribution < -0.4 is 0 Å². The van der Waals surface area contributed by atoms with Gasteiger partial charge in [-0.1, -0.05) is 6.92 Å². The average molecular weight is 338 g/mol. The molecule has 132 valence electrons. The number of hydrogen-bond donors (Lipinski definition) is 1. The fraction of sp³-hybridized carbons (Fsp3) is 0.789. The van der Waals surface area contributed by atoms with E-state index in [1.165, 1.54) is 0 Å². The molecule has 1 N–H and O–H groups in total. The third kappa shape index (κ3) is 1.81. The Morgan fingerprint density at radius 2 is 1.79 bits per heavy atom. The van der Waals surface area contributed by atoms with Crippen LogP contribution in [0.1, 0.15) is 58.3 Å². The zero-order valence-electron chi connectivity index (χ0n) is 14.0. The molecule has 5 atom stereocenters. The predicted molar refractivity (Wildman–Crippen MR) is 83.6 cm³/mol. The van der Waals surface area contributed by atoms with Crippen molar-refractivity contribution in [1.82, 2.24) is 0 Å². The Kier molecular flexibility index (Phi) is 3.46. The maximum absolute atomic E-state index is 14.3. The maximum atomic E-state index is 14.3. The molecule has 5 heteroatoms. The van der Waals surface area contributed by atoms with Gasteiger partial charge in [0.2, 0.25) is 6.43 Å². The molecular formula is C19H24F2O3. The zero-order chi connectivity index (χ0) is 17.3. The van der Waals surface area contributed by atoms with E-state index in [-0.39, 0.29) is 36.0 Å². The third-order valence-electron chi connectivity index (χ3n) is 7.80. The van der Waals surface area contributed by atoms with Gasteiger partial charge in [0.25, 0.3) is 0 Å². The minimum absolute atomic E-state index is 0.00373. The molecule has 0 spiro atoms. The van der Waals surface area contributed by atoms with Crippen molar-refractivity contribution in [2.45, 2.75) is 64.7 Å². The Morgan fingerprint density at radius 3 is 2.50 bits per heavy atom. The van der Waals surface area contributed by atoms with Crippen LogP contribution in [0, 0.1) is 28.6 Å². The van der Waals surface area contributed by atoms with Crippen LogP contribution in [-0.2, 0) is 9.59 Å². The van der Waals surface area contributed by atoms with Crippen molar-refractivity contribution in [3.63, 3.8) is 0 Å². The molecule has 0 aromatic heterocycles. The number of allylic oxidation sites excluding steroid dienone is 1. The Labute approximate surface area is 140 Å². The molecule has 0 bridgehead atoms. The SMILES string of the molecule is C[C@]12CC[C@H]3[C@@H](CCC4=C(O)C(=O)CC[C@@]43C(F)F)[C@@H]1CCC2=O. The second-order valence-corrected chi connectivity index (χ2v) is 8.42. The monoisotopic (exact) mass is 338 g/mol. The third-order valence-corrected chi connectivity index (χ3v) is 7.80. The minimum atomic E-state index is -2.57. The molecule has 3 fully saturated rings. The van der Waals surface area contributed by atoms with Gasteiger partial charge in [0.05, 0.1) is 5.41 Å². The van der Waals surface area contributed by atoms with Gasteiger partial charge in [-0.3, -0.25) is 9.59 Å². The summed E-state index contributed by atoms with van der Waals surface area (Å²) in [4.78, 5) is 24.2. The van der Waals surface area contributed by atoms with Crippen LogP contribution in [0.25, 0.3) is 0 Å². The molecule has 4 aliphatic rings. The first-order chi connectivity index (χ1) is 11.3. The summed E-state index contributed by atoms with van der Waals surface area (Å²) in [6.45, 7) is 2.02. The standard InChI is InChI=1S/C19H24F2O3/c1-18-8-6-12-10(11(18)4-5-15(18)23)2-3-13-16(24)14(22)7-9-19(12,13)17(20)21/h10-12,17,24H,2-9H2,1H3/t10-,11-,12-,18-,19-/m0/s1. The summed E-state index contributed by atoms with van der Waals surface area (Å²) in [5, 5.41) is 10.2. The number of halogens is 2. The van der Waals surface area contributed by atoms with Crippen molar-refractivity contribution < 1.29 is 23.5 Å². The number of aliphatic hydroxyl groups excluding tert-OH is 1. The molecule has 0 heterocycles. The largest absolute Gasteiger partial charge is 0.504 e. The molecule has 0 radical (unpaired) electrons. The van der Waals surface area contributed by atoms with Crippen molar-refractivity contribution in [1.29, 1.82) is 0 Å². The summed E-state index contributed by atoms with van der Waals surface area (Å²) in [6, 6.07) is 0. The van der Waals surface area contributed by atoms with Crippen molar-refractivity contribution in [3.05, 3.63) is 11.3 Å². The molecule has 0 aliphatic heterocycles. The molecule has 0 aromatic rings. The van der Waals surface area contributed by atoms with Crippen molar-refractivity contribution in [3.8, 4) is 0 Å². The summed E-state index contributed by atoms with van der Waals surface area (Å²) in [5.41, 5.74) is -1.39. The number of carbonyl (C=O) groups is 2. The first-order valence-corrected chi connectivity index (χ1v) is 9.09. The number of carbonyl (C=O) groups excluding carboxylic acids is 2. The van der Waals surface area contributed by atoms with Crippen molar-refractivity contribution >= 4 is 11.6 Å². The number of aliphatic hydroxyl groups is 1. The van der Waals surface area contributed by atoms with E-state index in [9.17, 15) is 23.5 Å². The van der Waals surface area contributed by atoms with E-state index in [4.69, 9.17) is 0 Å². The molecule has 0 unspecified atom stereocenters. The summed E-state index contributed by atoms with van der Waals surface area (Å²) in [6.07, 6.45) is 1.27. The summed E-state index contributed by atoms with van der Waals surface area (Å²) in [7, 11) is 0. The number of alkyl halides is 2. The van der Waals surface area contributed by atoms with Gasteiger partial charge in [-0.05, 0) is 61.9 Å². The molecular weight excluding hydrogens is 314 g/mol. The maximum Gasteiger partial charge on any atom is 0.248 e. The first-order valence-electron chi connectivity index (χ1n) is 9.09. The first kappa shape index (κ1) is 16.2. The predicted octanol–water partition coefficient (Wildman–Crippen LogP) is 4.22. The molecule has 3 nitrogen and oxygen atoms in total. The Hall–Kier alpha value is -1.26.